The van der Waals surface area contributed by atoms with E-state index in [4.69, 9.17) is 4.74 Å². The molecule has 7 heteroatoms. The van der Waals surface area contributed by atoms with Crippen LogP contribution in [0.5, 0.6) is 0 Å². The average Bonchev–Trinajstić information content (AvgIpc) is 2.82. The third-order valence-corrected chi connectivity index (χ3v) is 5.20. The van der Waals surface area contributed by atoms with Crippen LogP contribution in [0.4, 0.5) is 0 Å². The Hall–Kier alpha value is -0.210. The lowest BCUT2D eigenvalue weighted by Crippen LogP contribution is -2.50. The molecule has 0 bridgehead atoms. The molecule has 18 heavy (non-hydrogen) atoms. The second kappa shape index (κ2) is 6.29. The number of hydrogen-bond donors (Lipinski definition) is 2. The van der Waals surface area contributed by atoms with Gasteiger partial charge in [-0.15, -0.1) is 0 Å². The summed E-state index contributed by atoms with van der Waals surface area (Å²) in [7, 11) is -1.44. The molecule has 2 rings (SSSR count). The van der Waals surface area contributed by atoms with E-state index in [0.717, 1.165) is 25.8 Å². The molecule has 0 radical (unpaired) electrons. The molecule has 2 N–H and O–H groups in total. The third kappa shape index (κ3) is 3.64. The fourth-order valence-electron chi connectivity index (χ4n) is 2.61. The van der Waals surface area contributed by atoms with E-state index in [2.05, 4.69) is 10.0 Å². The first-order chi connectivity index (χ1) is 8.62. The van der Waals surface area contributed by atoms with Crippen molar-refractivity contribution in [3.63, 3.8) is 0 Å². The molecule has 6 nitrogen and oxygen atoms in total. The van der Waals surface area contributed by atoms with Gasteiger partial charge in [-0.3, -0.25) is 0 Å². The Labute approximate surface area is 109 Å². The van der Waals surface area contributed by atoms with Crippen LogP contribution in [0.2, 0.25) is 0 Å². The Bertz CT molecular complexity index is 353. The van der Waals surface area contributed by atoms with Gasteiger partial charge in [0.2, 0.25) is 0 Å². The zero-order valence-corrected chi connectivity index (χ0v) is 11.7. The van der Waals surface area contributed by atoms with Crippen LogP contribution in [0.1, 0.15) is 19.3 Å². The Balaban J connectivity index is 1.91. The van der Waals surface area contributed by atoms with Crippen LogP contribution in [-0.2, 0) is 14.9 Å². The Morgan fingerprint density at radius 2 is 2.22 bits per heavy atom. The molecule has 2 unspecified atom stereocenters. The van der Waals surface area contributed by atoms with E-state index in [-0.39, 0.29) is 6.04 Å². The number of rotatable bonds is 5. The standard InChI is InChI=1S/C11H23N3O3S/c1-12-7-10-3-2-5-14(8-10)18(15,16)13-11-4-6-17-9-11/h10-13H,2-9H2,1H3. The van der Waals surface area contributed by atoms with Crippen LogP contribution in [0, 0.1) is 5.92 Å². The van der Waals surface area contributed by atoms with E-state index in [0.29, 0.717) is 32.2 Å². The monoisotopic (exact) mass is 277 g/mol. The summed E-state index contributed by atoms with van der Waals surface area (Å²) in [5, 5.41) is 3.12. The van der Waals surface area contributed by atoms with Crippen molar-refractivity contribution in [1.29, 1.82) is 0 Å². The second-order valence-electron chi connectivity index (χ2n) is 5.11. The van der Waals surface area contributed by atoms with E-state index in [1.807, 2.05) is 7.05 Å². The zero-order chi connectivity index (χ0) is 13.0. The van der Waals surface area contributed by atoms with Crippen LogP contribution in [0.25, 0.3) is 0 Å². The molecule has 0 aromatic heterocycles. The molecule has 0 aromatic carbocycles. The van der Waals surface area contributed by atoms with Crippen LogP contribution in [0.15, 0.2) is 0 Å². The molecule has 0 aliphatic carbocycles. The summed E-state index contributed by atoms with van der Waals surface area (Å²) in [6.07, 6.45) is 2.81. The van der Waals surface area contributed by atoms with Gasteiger partial charge < -0.3 is 10.1 Å². The SMILES string of the molecule is CNCC1CCCN(S(=O)(=O)NC2CCOC2)C1. The number of nitrogens with one attached hydrogen (secondary N) is 2. The van der Waals surface area contributed by atoms with Gasteiger partial charge in [-0.05, 0) is 38.8 Å². The number of nitrogens with zero attached hydrogens (tertiary/aromatic N) is 1. The van der Waals surface area contributed by atoms with Crippen LogP contribution in [0.3, 0.4) is 0 Å². The van der Waals surface area contributed by atoms with Gasteiger partial charge in [-0.1, -0.05) is 0 Å². The summed E-state index contributed by atoms with van der Waals surface area (Å²) in [6.45, 7) is 3.26. The van der Waals surface area contributed by atoms with E-state index in [1.165, 1.54) is 0 Å². The highest BCUT2D eigenvalue weighted by molar-refractivity contribution is 7.87. The normalized spacial score (nSPS) is 30.7. The van der Waals surface area contributed by atoms with E-state index in [1.54, 1.807) is 4.31 Å². The number of hydrogen-bond acceptors (Lipinski definition) is 4. The lowest BCUT2D eigenvalue weighted by atomic mass is 10.00. The average molecular weight is 277 g/mol. The Morgan fingerprint density at radius 3 is 2.89 bits per heavy atom. The number of piperidine rings is 1. The lowest BCUT2D eigenvalue weighted by molar-refractivity contribution is 0.191. The third-order valence-electron chi connectivity index (χ3n) is 3.56. The van der Waals surface area contributed by atoms with Crippen molar-refractivity contribution in [3.8, 4) is 0 Å². The molecule has 2 aliphatic rings. The summed E-state index contributed by atoms with van der Waals surface area (Å²) >= 11 is 0. The highest BCUT2D eigenvalue weighted by Gasteiger charge is 2.31. The molecule has 0 saturated carbocycles. The van der Waals surface area contributed by atoms with Gasteiger partial charge in [-0.2, -0.15) is 17.4 Å². The molecular weight excluding hydrogens is 254 g/mol. The largest absolute Gasteiger partial charge is 0.380 e. The quantitative estimate of drug-likeness (QED) is 0.713. The summed E-state index contributed by atoms with van der Waals surface area (Å²) in [5.41, 5.74) is 0. The van der Waals surface area contributed by atoms with E-state index < -0.39 is 10.2 Å². The van der Waals surface area contributed by atoms with Crippen LogP contribution >= 0.6 is 0 Å². The van der Waals surface area contributed by atoms with Crippen molar-refractivity contribution in [2.24, 2.45) is 5.92 Å². The summed E-state index contributed by atoms with van der Waals surface area (Å²) in [5.74, 6) is 0.417. The summed E-state index contributed by atoms with van der Waals surface area (Å²) < 4.78 is 34.0. The molecule has 2 fully saturated rings. The molecule has 0 aromatic rings. The van der Waals surface area contributed by atoms with Gasteiger partial charge in [0.15, 0.2) is 0 Å². The maximum absolute atomic E-state index is 12.2. The van der Waals surface area contributed by atoms with E-state index in [9.17, 15) is 8.42 Å². The summed E-state index contributed by atoms with van der Waals surface area (Å²) in [6, 6.07) is -0.0559. The van der Waals surface area contributed by atoms with Crippen molar-refractivity contribution < 1.29 is 13.2 Å². The maximum Gasteiger partial charge on any atom is 0.279 e. The van der Waals surface area contributed by atoms with E-state index >= 15 is 0 Å². The van der Waals surface area contributed by atoms with Gasteiger partial charge in [0.25, 0.3) is 10.2 Å². The van der Waals surface area contributed by atoms with Crippen LogP contribution in [-0.4, -0.2) is 58.7 Å². The Morgan fingerprint density at radius 1 is 1.39 bits per heavy atom. The fourth-order valence-corrected chi connectivity index (χ4v) is 4.15. The highest BCUT2D eigenvalue weighted by atomic mass is 32.2. The van der Waals surface area contributed by atoms with Crippen molar-refractivity contribution in [1.82, 2.24) is 14.3 Å². The minimum absolute atomic E-state index is 0.0559. The topological polar surface area (TPSA) is 70.7 Å². The van der Waals surface area contributed by atoms with Crippen molar-refractivity contribution in [2.75, 3.05) is 39.9 Å². The van der Waals surface area contributed by atoms with Gasteiger partial charge in [0.05, 0.1) is 6.61 Å². The molecule has 0 amide bonds. The first-order valence-electron chi connectivity index (χ1n) is 6.61. The van der Waals surface area contributed by atoms with Crippen LogP contribution < -0.4 is 10.0 Å². The predicted octanol–water partition coefficient (Wildman–Crippen LogP) is -0.459. The first-order valence-corrected chi connectivity index (χ1v) is 8.05. The Kier molecular flexibility index (Phi) is 4.97. The lowest BCUT2D eigenvalue weighted by Gasteiger charge is -2.32. The molecule has 0 spiro atoms. The smallest absolute Gasteiger partial charge is 0.279 e. The minimum Gasteiger partial charge on any atom is -0.380 e. The summed E-state index contributed by atoms with van der Waals surface area (Å²) in [4.78, 5) is 0. The van der Waals surface area contributed by atoms with Crippen molar-refractivity contribution in [3.05, 3.63) is 0 Å². The fraction of sp³-hybridized carbons (Fsp3) is 1.00. The molecule has 106 valence electrons. The molecular formula is C11H23N3O3S. The van der Waals surface area contributed by atoms with Gasteiger partial charge in [-0.25, -0.2) is 0 Å². The molecule has 2 aliphatic heterocycles. The predicted molar refractivity (Wildman–Crippen MR) is 69.5 cm³/mol. The van der Waals surface area contributed by atoms with Gasteiger partial charge >= 0.3 is 0 Å². The van der Waals surface area contributed by atoms with Gasteiger partial charge in [0.1, 0.15) is 0 Å². The van der Waals surface area contributed by atoms with Crippen molar-refractivity contribution in [2.45, 2.75) is 25.3 Å². The molecule has 2 saturated heterocycles. The number of ether oxygens (including phenoxy) is 1. The zero-order valence-electron chi connectivity index (χ0n) is 10.9. The van der Waals surface area contributed by atoms with Crippen molar-refractivity contribution >= 4 is 10.2 Å². The van der Waals surface area contributed by atoms with Gasteiger partial charge in [0, 0.05) is 25.7 Å². The highest BCUT2D eigenvalue weighted by Crippen LogP contribution is 2.18. The first kappa shape index (κ1) is 14.2. The maximum atomic E-state index is 12.2. The molecule has 2 heterocycles. The molecule has 2 atom stereocenters. The minimum atomic E-state index is -3.34. The second-order valence-corrected chi connectivity index (χ2v) is 6.81.